The van der Waals surface area contributed by atoms with Crippen molar-refractivity contribution in [1.82, 2.24) is 0 Å². The molecular weight excluding hydrogens is 146 g/mol. The molecule has 0 aromatic rings. The zero-order valence-corrected chi connectivity index (χ0v) is 8.86. The van der Waals surface area contributed by atoms with Crippen LogP contribution in [0, 0.1) is 0 Å². The average Bonchev–Trinajstić information content (AvgIpc) is 2.23. The summed E-state index contributed by atoms with van der Waals surface area (Å²) in [6.07, 6.45) is 2.27. The van der Waals surface area contributed by atoms with E-state index in [1.54, 1.807) is 0 Å². The Bertz CT molecular complexity index is 244. The van der Waals surface area contributed by atoms with Crippen molar-refractivity contribution < 1.29 is 0 Å². The largest absolute Gasteiger partial charge is 0.283 e. The van der Waals surface area contributed by atoms with Crippen molar-refractivity contribution in [2.24, 2.45) is 4.99 Å². The van der Waals surface area contributed by atoms with Gasteiger partial charge in [0.05, 0.1) is 5.54 Å². The van der Waals surface area contributed by atoms with Crippen molar-refractivity contribution in [3.05, 3.63) is 11.1 Å². The van der Waals surface area contributed by atoms with E-state index in [1.165, 1.54) is 16.9 Å². The van der Waals surface area contributed by atoms with Gasteiger partial charge in [-0.05, 0) is 46.1 Å². The van der Waals surface area contributed by atoms with Crippen LogP contribution in [0.1, 0.15) is 47.5 Å². The molecule has 0 radical (unpaired) electrons. The highest BCUT2D eigenvalue weighted by Crippen LogP contribution is 2.31. The zero-order chi connectivity index (χ0) is 9.35. The summed E-state index contributed by atoms with van der Waals surface area (Å²) in [5.41, 5.74) is 4.39. The Balaban J connectivity index is 2.96. The van der Waals surface area contributed by atoms with Crippen LogP contribution >= 0.6 is 0 Å². The van der Waals surface area contributed by atoms with Gasteiger partial charge in [-0.15, -0.1) is 0 Å². The molecule has 1 heteroatoms. The minimum atomic E-state index is 0.149. The van der Waals surface area contributed by atoms with E-state index >= 15 is 0 Å². The van der Waals surface area contributed by atoms with Gasteiger partial charge in [-0.3, -0.25) is 4.99 Å². The van der Waals surface area contributed by atoms with Crippen LogP contribution in [0.5, 0.6) is 0 Å². The maximum atomic E-state index is 4.63. The second-order valence-corrected chi connectivity index (χ2v) is 4.30. The van der Waals surface area contributed by atoms with Crippen LogP contribution in [0.2, 0.25) is 0 Å². The third kappa shape index (κ3) is 1.77. The second kappa shape index (κ2) is 3.04. The molecule has 68 valence electrons. The maximum absolute atomic E-state index is 4.63. The van der Waals surface area contributed by atoms with E-state index in [1.807, 2.05) is 0 Å². The molecule has 0 spiro atoms. The first-order valence-electron chi connectivity index (χ1n) is 4.71. The van der Waals surface area contributed by atoms with Crippen molar-refractivity contribution >= 4 is 5.71 Å². The van der Waals surface area contributed by atoms with Gasteiger partial charge in [-0.25, -0.2) is 0 Å². The van der Waals surface area contributed by atoms with Gasteiger partial charge in [0.1, 0.15) is 0 Å². The zero-order valence-electron chi connectivity index (χ0n) is 8.86. The Morgan fingerprint density at radius 3 is 2.42 bits per heavy atom. The summed E-state index contributed by atoms with van der Waals surface area (Å²) in [5, 5.41) is 0. The molecule has 0 fully saturated rings. The molecule has 0 N–H and O–H groups in total. The second-order valence-electron chi connectivity index (χ2n) is 4.30. The van der Waals surface area contributed by atoms with Gasteiger partial charge < -0.3 is 0 Å². The lowest BCUT2D eigenvalue weighted by atomic mass is 9.94. The first-order chi connectivity index (χ1) is 5.46. The molecule has 1 aliphatic rings. The molecule has 0 amide bonds. The highest BCUT2D eigenvalue weighted by atomic mass is 14.9. The van der Waals surface area contributed by atoms with Crippen molar-refractivity contribution in [2.45, 2.75) is 53.0 Å². The Kier molecular flexibility index (Phi) is 2.41. The lowest BCUT2D eigenvalue weighted by Crippen LogP contribution is -2.11. The predicted octanol–water partition coefficient (Wildman–Crippen LogP) is 3.36. The van der Waals surface area contributed by atoms with Gasteiger partial charge in [-0.1, -0.05) is 12.5 Å². The summed E-state index contributed by atoms with van der Waals surface area (Å²) in [5.74, 6) is 0. The van der Waals surface area contributed by atoms with Crippen LogP contribution in [-0.2, 0) is 0 Å². The van der Waals surface area contributed by atoms with Crippen LogP contribution in [0.3, 0.4) is 0 Å². The summed E-state index contributed by atoms with van der Waals surface area (Å²) in [4.78, 5) is 4.63. The highest BCUT2D eigenvalue weighted by molar-refractivity contribution is 6.01. The van der Waals surface area contributed by atoms with E-state index in [0.717, 1.165) is 12.8 Å². The van der Waals surface area contributed by atoms with Gasteiger partial charge >= 0.3 is 0 Å². The molecule has 0 aliphatic carbocycles. The molecule has 1 nitrogen and oxygen atoms in total. The number of allylic oxidation sites excluding steroid dienone is 1. The molecule has 1 rings (SSSR count). The minimum Gasteiger partial charge on any atom is -0.283 e. The summed E-state index contributed by atoms with van der Waals surface area (Å²) < 4.78 is 0. The first-order valence-corrected chi connectivity index (χ1v) is 4.71. The fraction of sp³-hybridized carbons (Fsp3) is 0.727. The molecular formula is C11H19N. The quantitative estimate of drug-likeness (QED) is 0.565. The molecule has 0 bridgehead atoms. The molecule has 1 aliphatic heterocycles. The van der Waals surface area contributed by atoms with Crippen molar-refractivity contribution in [3.63, 3.8) is 0 Å². The SMILES string of the molecule is CCC(C)=C1CC(C)(C)N=C1C. The van der Waals surface area contributed by atoms with Gasteiger partial charge in [0.15, 0.2) is 0 Å². The van der Waals surface area contributed by atoms with Gasteiger partial charge in [0.2, 0.25) is 0 Å². The normalized spacial score (nSPS) is 25.6. The standard InChI is InChI=1S/C11H19N/c1-6-8(2)10-7-11(4,5)12-9(10)3/h6-7H2,1-5H3. The predicted molar refractivity (Wildman–Crippen MR) is 54.8 cm³/mol. The van der Waals surface area contributed by atoms with Crippen LogP contribution in [0.15, 0.2) is 16.1 Å². The highest BCUT2D eigenvalue weighted by Gasteiger charge is 2.27. The summed E-state index contributed by atoms with van der Waals surface area (Å²) in [6, 6.07) is 0. The van der Waals surface area contributed by atoms with Gasteiger partial charge in [0, 0.05) is 5.71 Å². The Morgan fingerprint density at radius 2 is 2.08 bits per heavy atom. The Hall–Kier alpha value is -0.590. The molecule has 12 heavy (non-hydrogen) atoms. The molecule has 1 heterocycles. The third-order valence-electron chi connectivity index (χ3n) is 2.56. The van der Waals surface area contributed by atoms with Crippen LogP contribution in [0.25, 0.3) is 0 Å². The van der Waals surface area contributed by atoms with Gasteiger partial charge in [-0.2, -0.15) is 0 Å². The topological polar surface area (TPSA) is 12.4 Å². The van der Waals surface area contributed by atoms with E-state index in [0.29, 0.717) is 0 Å². The lowest BCUT2D eigenvalue weighted by molar-refractivity contribution is 0.545. The molecule has 0 saturated carbocycles. The number of hydrogen-bond donors (Lipinski definition) is 0. The lowest BCUT2D eigenvalue weighted by Gasteiger charge is -2.12. The molecule has 0 aromatic heterocycles. The summed E-state index contributed by atoms with van der Waals surface area (Å²) in [7, 11) is 0. The van der Waals surface area contributed by atoms with Crippen molar-refractivity contribution in [2.75, 3.05) is 0 Å². The number of hydrogen-bond acceptors (Lipinski definition) is 1. The van der Waals surface area contributed by atoms with Crippen molar-refractivity contribution in [3.8, 4) is 0 Å². The van der Waals surface area contributed by atoms with E-state index < -0.39 is 0 Å². The van der Waals surface area contributed by atoms with E-state index in [9.17, 15) is 0 Å². The monoisotopic (exact) mass is 165 g/mol. The molecule has 0 saturated heterocycles. The van der Waals surface area contributed by atoms with E-state index in [2.05, 4.69) is 39.6 Å². The smallest absolute Gasteiger partial charge is 0.0596 e. The van der Waals surface area contributed by atoms with Crippen LogP contribution in [-0.4, -0.2) is 11.3 Å². The average molecular weight is 165 g/mol. The minimum absolute atomic E-state index is 0.149. The number of aliphatic imine (C=N–C) groups is 1. The van der Waals surface area contributed by atoms with E-state index in [4.69, 9.17) is 0 Å². The summed E-state index contributed by atoms with van der Waals surface area (Å²) >= 11 is 0. The van der Waals surface area contributed by atoms with Crippen LogP contribution in [0.4, 0.5) is 0 Å². The van der Waals surface area contributed by atoms with Crippen molar-refractivity contribution in [1.29, 1.82) is 0 Å². The number of rotatable bonds is 1. The fourth-order valence-electron chi connectivity index (χ4n) is 1.79. The Labute approximate surface area is 75.6 Å². The summed E-state index contributed by atoms with van der Waals surface area (Å²) in [6.45, 7) is 11.0. The number of nitrogens with zero attached hydrogens (tertiary/aromatic N) is 1. The van der Waals surface area contributed by atoms with Gasteiger partial charge in [0.25, 0.3) is 0 Å². The molecule has 0 atom stereocenters. The molecule has 0 aromatic carbocycles. The Morgan fingerprint density at radius 1 is 1.50 bits per heavy atom. The fourth-order valence-corrected chi connectivity index (χ4v) is 1.79. The molecule has 0 unspecified atom stereocenters. The maximum Gasteiger partial charge on any atom is 0.0596 e. The third-order valence-corrected chi connectivity index (χ3v) is 2.56. The first kappa shape index (κ1) is 9.50. The van der Waals surface area contributed by atoms with E-state index in [-0.39, 0.29) is 5.54 Å². The van der Waals surface area contributed by atoms with Crippen LogP contribution < -0.4 is 0 Å².